The Morgan fingerprint density at radius 1 is 1.17 bits per heavy atom. The first-order valence-electron chi connectivity index (χ1n) is 13.0. The van der Waals surface area contributed by atoms with Gasteiger partial charge >= 0.3 is 7.12 Å². The van der Waals surface area contributed by atoms with Crippen LogP contribution in [0.2, 0.25) is 0 Å². The lowest BCUT2D eigenvalue weighted by atomic mass is 9.74. The highest BCUT2D eigenvalue weighted by atomic mass is 16.7. The normalized spacial score (nSPS) is 16.1. The Hall–Kier alpha value is -2.21. The summed E-state index contributed by atoms with van der Waals surface area (Å²) >= 11 is 0. The number of carbonyl (C=O) groups is 2. The number of hydrogen-bond acceptors (Lipinski definition) is 7. The van der Waals surface area contributed by atoms with Crippen molar-refractivity contribution in [2.24, 2.45) is 28.5 Å². The van der Waals surface area contributed by atoms with Crippen LogP contribution in [-0.2, 0) is 9.59 Å². The largest absolute Gasteiger partial charge is 0.475 e. The van der Waals surface area contributed by atoms with E-state index in [0.717, 1.165) is 25.2 Å². The fourth-order valence-electron chi connectivity index (χ4n) is 4.66. The molecular weight excluding hydrogens is 465 g/mol. The van der Waals surface area contributed by atoms with Crippen molar-refractivity contribution in [3.05, 3.63) is 10.1 Å². The molecule has 208 valence electrons. The number of nitro groups is 1. The van der Waals surface area contributed by atoms with Crippen LogP contribution in [0.3, 0.4) is 0 Å². The molecule has 6 N–H and O–H groups in total. The van der Waals surface area contributed by atoms with Crippen molar-refractivity contribution >= 4 is 24.8 Å². The van der Waals surface area contributed by atoms with E-state index in [4.69, 9.17) is 5.73 Å². The van der Waals surface area contributed by atoms with Crippen LogP contribution < -0.4 is 16.5 Å². The molecule has 1 rings (SSSR count). The molecule has 0 unspecified atom stereocenters. The smallest absolute Gasteiger partial charge is 0.426 e. The number of nitrogens with zero attached hydrogens (tertiary/aromatic N) is 2. The molecule has 36 heavy (non-hydrogen) atoms. The third-order valence-electron chi connectivity index (χ3n) is 6.50. The molecule has 2 atom stereocenters. The van der Waals surface area contributed by atoms with E-state index in [-0.39, 0.29) is 38.1 Å². The van der Waals surface area contributed by atoms with Gasteiger partial charge < -0.3 is 21.1 Å². The van der Waals surface area contributed by atoms with Crippen LogP contribution in [0.5, 0.6) is 0 Å². The van der Waals surface area contributed by atoms with Crippen LogP contribution >= 0.6 is 0 Å². The van der Waals surface area contributed by atoms with Crippen molar-refractivity contribution in [1.29, 1.82) is 0 Å². The summed E-state index contributed by atoms with van der Waals surface area (Å²) in [5, 5.41) is 31.6. The predicted molar refractivity (Wildman–Crippen MR) is 142 cm³/mol. The SMILES string of the molecule is C.CC(C)C[C@H](NC(=O)[C@H](CCCN=C(N)N[N+](=O)[O-])CC(=O)CCCCC1CCCCC1)B(O)O. The molecule has 1 fully saturated rings. The van der Waals surface area contributed by atoms with Crippen LogP contribution in [0.4, 0.5) is 0 Å². The number of ketones is 1. The third kappa shape index (κ3) is 15.7. The summed E-state index contributed by atoms with van der Waals surface area (Å²) in [6.07, 6.45) is 11.1. The highest BCUT2D eigenvalue weighted by Gasteiger charge is 2.30. The van der Waals surface area contributed by atoms with E-state index in [9.17, 15) is 29.8 Å². The van der Waals surface area contributed by atoms with E-state index in [2.05, 4.69) is 10.3 Å². The van der Waals surface area contributed by atoms with E-state index >= 15 is 0 Å². The Morgan fingerprint density at radius 3 is 2.42 bits per heavy atom. The lowest BCUT2D eigenvalue weighted by Gasteiger charge is -2.23. The Morgan fingerprint density at radius 2 is 1.83 bits per heavy atom. The Labute approximate surface area is 216 Å². The number of rotatable bonds is 17. The number of nitrogens with two attached hydrogens (primary N) is 1. The summed E-state index contributed by atoms with van der Waals surface area (Å²) in [4.78, 5) is 39.8. The number of guanidine groups is 1. The molecule has 1 amide bonds. The molecule has 1 saturated carbocycles. The lowest BCUT2D eigenvalue weighted by Crippen LogP contribution is -2.49. The zero-order valence-corrected chi connectivity index (χ0v) is 21.3. The molecule has 0 radical (unpaired) electrons. The van der Waals surface area contributed by atoms with Gasteiger partial charge in [-0.05, 0) is 37.5 Å². The molecule has 0 aliphatic heterocycles. The molecule has 1 aliphatic carbocycles. The number of unbranched alkanes of at least 4 members (excludes halogenated alkanes) is 1. The second-order valence-corrected chi connectivity index (χ2v) is 10.1. The molecule has 0 heterocycles. The highest BCUT2D eigenvalue weighted by Crippen LogP contribution is 2.28. The van der Waals surface area contributed by atoms with Crippen LogP contribution in [0.15, 0.2) is 4.99 Å². The van der Waals surface area contributed by atoms with Gasteiger partial charge in [-0.25, -0.2) is 15.1 Å². The van der Waals surface area contributed by atoms with Gasteiger partial charge in [0.2, 0.25) is 5.91 Å². The van der Waals surface area contributed by atoms with Gasteiger partial charge in [0.05, 0.1) is 5.94 Å². The van der Waals surface area contributed by atoms with Crippen LogP contribution in [0.1, 0.15) is 105 Å². The van der Waals surface area contributed by atoms with Crippen molar-refractivity contribution in [2.75, 3.05) is 6.54 Å². The average Bonchev–Trinajstić information content (AvgIpc) is 2.78. The molecule has 0 aromatic rings. The Kier molecular flexibility index (Phi) is 17.8. The molecule has 12 heteroatoms. The number of hydrazine groups is 1. The zero-order chi connectivity index (χ0) is 26.2. The molecule has 1 aliphatic rings. The highest BCUT2D eigenvalue weighted by molar-refractivity contribution is 6.43. The van der Waals surface area contributed by atoms with Gasteiger partial charge in [-0.1, -0.05) is 71.6 Å². The quantitative estimate of drug-likeness (QED) is 0.0492. The number of hydrogen-bond donors (Lipinski definition) is 5. The number of carbonyl (C=O) groups excluding carboxylic acids is 2. The van der Waals surface area contributed by atoms with Crippen LogP contribution in [0.25, 0.3) is 0 Å². The van der Waals surface area contributed by atoms with Crippen molar-refractivity contribution in [3.8, 4) is 0 Å². The van der Waals surface area contributed by atoms with E-state index in [1.54, 1.807) is 5.43 Å². The number of Topliss-reactive ketones (excluding diaryl/α,β-unsaturated/α-hetero) is 1. The van der Waals surface area contributed by atoms with Gasteiger partial charge in [0.1, 0.15) is 5.78 Å². The minimum atomic E-state index is -1.70. The number of nitrogens with one attached hydrogen (secondary N) is 2. The average molecular weight is 513 g/mol. The maximum atomic E-state index is 12.9. The van der Waals surface area contributed by atoms with E-state index in [0.29, 0.717) is 25.7 Å². The fourth-order valence-corrected chi connectivity index (χ4v) is 4.66. The monoisotopic (exact) mass is 513 g/mol. The summed E-state index contributed by atoms with van der Waals surface area (Å²) in [6.45, 7) is 3.98. The first-order chi connectivity index (χ1) is 16.6. The van der Waals surface area contributed by atoms with Crippen molar-refractivity contribution < 1.29 is 24.7 Å². The number of amides is 1. The second-order valence-electron chi connectivity index (χ2n) is 10.1. The molecular formula is C24H48BN5O6. The van der Waals surface area contributed by atoms with Crippen LogP contribution in [-0.4, -0.2) is 52.3 Å². The molecule has 0 saturated heterocycles. The lowest BCUT2D eigenvalue weighted by molar-refractivity contribution is -0.525. The van der Waals surface area contributed by atoms with Gasteiger partial charge in [0, 0.05) is 25.3 Å². The number of aliphatic imine (C=N–C) groups is 1. The summed E-state index contributed by atoms with van der Waals surface area (Å²) in [5.74, 6) is -1.28. The van der Waals surface area contributed by atoms with Crippen molar-refractivity contribution in [1.82, 2.24) is 10.7 Å². The van der Waals surface area contributed by atoms with Gasteiger partial charge in [0.25, 0.3) is 5.96 Å². The second kappa shape index (κ2) is 19.0. The maximum absolute atomic E-state index is 12.9. The molecule has 0 aromatic carbocycles. The topological polar surface area (TPSA) is 180 Å². The van der Waals surface area contributed by atoms with Crippen molar-refractivity contribution in [2.45, 2.75) is 111 Å². The summed E-state index contributed by atoms with van der Waals surface area (Å²) in [5.41, 5.74) is 7.16. The molecule has 0 spiro atoms. The minimum Gasteiger partial charge on any atom is -0.426 e. The minimum absolute atomic E-state index is 0. The first-order valence-corrected chi connectivity index (χ1v) is 13.0. The standard InChI is InChI=1S/C23H44BN5O6.CH4/c1-17(2)15-21(24(32)33)27-22(31)19(12-8-14-26-23(25)28-29(34)35)16-20(30)13-7-6-11-18-9-4-3-5-10-18;/h17-19,21,32-33H,3-16H2,1-2H3,(H,27,31)(H3,25,26,28);1H4/t19-,21+;/m1./s1. The van der Waals surface area contributed by atoms with Crippen LogP contribution in [0, 0.1) is 27.9 Å². The maximum Gasteiger partial charge on any atom is 0.475 e. The van der Waals surface area contributed by atoms with Gasteiger partial charge in [-0.2, -0.15) is 0 Å². The Bertz CT molecular complexity index is 686. The zero-order valence-electron chi connectivity index (χ0n) is 21.3. The van der Waals surface area contributed by atoms with E-state index in [1.807, 2.05) is 13.8 Å². The Balaban J connectivity index is 0.0000122. The molecule has 0 bridgehead atoms. The molecule has 11 nitrogen and oxygen atoms in total. The summed E-state index contributed by atoms with van der Waals surface area (Å²) in [6, 6.07) is 0. The predicted octanol–water partition coefficient (Wildman–Crippen LogP) is 2.76. The third-order valence-corrected chi connectivity index (χ3v) is 6.50. The van der Waals surface area contributed by atoms with Gasteiger partial charge in [0.15, 0.2) is 5.03 Å². The van der Waals surface area contributed by atoms with Crippen molar-refractivity contribution in [3.63, 3.8) is 0 Å². The van der Waals surface area contributed by atoms with Gasteiger partial charge in [-0.15, -0.1) is 0 Å². The molecule has 0 aromatic heterocycles. The van der Waals surface area contributed by atoms with Gasteiger partial charge in [-0.3, -0.25) is 9.59 Å². The van der Waals surface area contributed by atoms with E-state index < -0.39 is 29.9 Å². The fraction of sp³-hybridized carbons (Fsp3) is 0.875. The van der Waals surface area contributed by atoms with E-state index in [1.165, 1.54) is 32.1 Å². The first kappa shape index (κ1) is 33.8. The summed E-state index contributed by atoms with van der Waals surface area (Å²) < 4.78 is 0. The summed E-state index contributed by atoms with van der Waals surface area (Å²) in [7, 11) is -1.70.